The molecule has 1 fully saturated rings. The molecule has 0 aromatic heterocycles. The summed E-state index contributed by atoms with van der Waals surface area (Å²) in [5.41, 5.74) is 0.943. The van der Waals surface area contributed by atoms with Crippen LogP contribution < -0.4 is 20.3 Å². The highest BCUT2D eigenvalue weighted by atomic mass is 79.9. The average Bonchev–Trinajstić information content (AvgIpc) is 2.83. The largest absolute Gasteiger partial charge is 0.483 e. The molecule has 2 N–H and O–H groups in total. The Kier molecular flexibility index (Phi) is 7.02. The summed E-state index contributed by atoms with van der Waals surface area (Å²) in [4.78, 5) is 50.3. The first-order valence-corrected chi connectivity index (χ1v) is 11.1. The summed E-state index contributed by atoms with van der Waals surface area (Å²) in [5.74, 6) is -2.20. The van der Waals surface area contributed by atoms with Crippen LogP contribution in [0.2, 0.25) is 0 Å². The number of carbonyl (C=O) groups is 4. The maximum Gasteiger partial charge on any atom is 0.335 e. The number of anilines is 2. The summed E-state index contributed by atoms with van der Waals surface area (Å²) in [5, 5.41) is 4.81. The second-order valence-corrected chi connectivity index (χ2v) is 8.18. The van der Waals surface area contributed by atoms with Crippen molar-refractivity contribution in [3.8, 4) is 5.75 Å². The Morgan fingerprint density at radius 2 is 1.74 bits per heavy atom. The van der Waals surface area contributed by atoms with Gasteiger partial charge in [-0.3, -0.25) is 19.7 Å². The zero-order valence-corrected chi connectivity index (χ0v) is 19.5. The number of hydrogen-bond donors (Lipinski definition) is 2. The van der Waals surface area contributed by atoms with Crippen molar-refractivity contribution in [2.75, 3.05) is 16.8 Å². The molecule has 0 saturated carbocycles. The lowest BCUT2D eigenvalue weighted by Gasteiger charge is -2.26. The van der Waals surface area contributed by atoms with Crippen LogP contribution in [0.1, 0.15) is 5.56 Å². The van der Waals surface area contributed by atoms with Gasteiger partial charge in [0, 0.05) is 5.69 Å². The highest BCUT2D eigenvalue weighted by Crippen LogP contribution is 2.28. The minimum Gasteiger partial charge on any atom is -0.483 e. The molecule has 5 amide bonds. The van der Waals surface area contributed by atoms with E-state index < -0.39 is 23.7 Å². The number of hydrogen-bond acceptors (Lipinski definition) is 5. The van der Waals surface area contributed by atoms with Crippen molar-refractivity contribution in [2.24, 2.45) is 0 Å². The van der Waals surface area contributed by atoms with Gasteiger partial charge >= 0.3 is 6.03 Å². The lowest BCUT2D eigenvalue weighted by Crippen LogP contribution is -2.54. The first-order valence-electron chi connectivity index (χ1n) is 10.3. The predicted octanol–water partition coefficient (Wildman–Crippen LogP) is 4.27. The molecule has 0 unspecified atom stereocenters. The number of benzene rings is 3. The van der Waals surface area contributed by atoms with E-state index >= 15 is 0 Å². The fourth-order valence-electron chi connectivity index (χ4n) is 3.23. The van der Waals surface area contributed by atoms with E-state index in [0.29, 0.717) is 21.5 Å². The van der Waals surface area contributed by atoms with E-state index in [1.54, 1.807) is 42.5 Å². The molecular weight excluding hydrogens is 521 g/mol. The topological polar surface area (TPSA) is 105 Å². The summed E-state index contributed by atoms with van der Waals surface area (Å²) in [6.07, 6.45) is 1.32. The Morgan fingerprint density at radius 1 is 1.03 bits per heavy atom. The number of amides is 5. The fourth-order valence-corrected chi connectivity index (χ4v) is 3.75. The van der Waals surface area contributed by atoms with Crippen LogP contribution in [-0.4, -0.2) is 30.4 Å². The summed E-state index contributed by atoms with van der Waals surface area (Å²) >= 11 is 3.35. The van der Waals surface area contributed by atoms with E-state index in [2.05, 4.69) is 26.6 Å². The van der Waals surface area contributed by atoms with Crippen molar-refractivity contribution in [1.82, 2.24) is 5.32 Å². The molecule has 0 bridgehead atoms. The van der Waals surface area contributed by atoms with Gasteiger partial charge in [0.15, 0.2) is 6.61 Å². The van der Waals surface area contributed by atoms with Crippen molar-refractivity contribution in [2.45, 2.75) is 0 Å². The Hall–Kier alpha value is -4.31. The van der Waals surface area contributed by atoms with Gasteiger partial charge < -0.3 is 10.1 Å². The molecule has 3 aromatic rings. The van der Waals surface area contributed by atoms with Crippen LogP contribution in [0.5, 0.6) is 5.75 Å². The van der Waals surface area contributed by atoms with Gasteiger partial charge in [-0.1, -0.05) is 24.3 Å². The molecule has 1 heterocycles. The van der Waals surface area contributed by atoms with Gasteiger partial charge in [-0.05, 0) is 76.1 Å². The predicted molar refractivity (Wildman–Crippen MR) is 130 cm³/mol. The monoisotopic (exact) mass is 537 g/mol. The smallest absolute Gasteiger partial charge is 0.335 e. The molecule has 10 heteroatoms. The van der Waals surface area contributed by atoms with Crippen LogP contribution in [0, 0.1) is 5.82 Å². The zero-order valence-electron chi connectivity index (χ0n) is 18.0. The number of imide groups is 2. The Labute approximate surface area is 207 Å². The number of nitrogens with zero attached hydrogens (tertiary/aromatic N) is 1. The van der Waals surface area contributed by atoms with E-state index in [-0.39, 0.29) is 23.8 Å². The quantitative estimate of drug-likeness (QED) is 0.361. The maximum atomic E-state index is 13.2. The number of ether oxygens (including phenoxy) is 1. The van der Waals surface area contributed by atoms with Gasteiger partial charge in [-0.25, -0.2) is 14.1 Å². The maximum absolute atomic E-state index is 13.2. The summed E-state index contributed by atoms with van der Waals surface area (Å²) in [7, 11) is 0. The molecule has 176 valence electrons. The van der Waals surface area contributed by atoms with E-state index in [4.69, 9.17) is 4.74 Å². The molecule has 1 aliphatic heterocycles. The molecule has 4 rings (SSSR count). The molecule has 1 saturated heterocycles. The number of para-hydroxylation sites is 1. The number of barbiturate groups is 1. The van der Waals surface area contributed by atoms with Gasteiger partial charge in [0.25, 0.3) is 17.7 Å². The highest BCUT2D eigenvalue weighted by molar-refractivity contribution is 9.10. The third kappa shape index (κ3) is 5.61. The molecule has 1 aliphatic rings. The minimum absolute atomic E-state index is 0.117. The van der Waals surface area contributed by atoms with Crippen LogP contribution in [-0.2, 0) is 14.4 Å². The second kappa shape index (κ2) is 10.3. The fraction of sp³-hybridized carbons (Fsp3) is 0.0400. The molecule has 0 radical (unpaired) electrons. The third-order valence-electron chi connectivity index (χ3n) is 4.87. The van der Waals surface area contributed by atoms with Crippen molar-refractivity contribution < 1.29 is 28.3 Å². The normalized spacial score (nSPS) is 14.6. The molecule has 0 atom stereocenters. The minimum atomic E-state index is -0.928. The molecule has 35 heavy (non-hydrogen) atoms. The van der Waals surface area contributed by atoms with Crippen molar-refractivity contribution in [3.63, 3.8) is 0 Å². The third-order valence-corrected chi connectivity index (χ3v) is 5.49. The lowest BCUT2D eigenvalue weighted by molar-refractivity contribution is -0.122. The summed E-state index contributed by atoms with van der Waals surface area (Å²) in [6.45, 7) is -0.233. The van der Waals surface area contributed by atoms with Gasteiger partial charge in [0.1, 0.15) is 17.1 Å². The van der Waals surface area contributed by atoms with Crippen LogP contribution >= 0.6 is 15.9 Å². The van der Waals surface area contributed by atoms with E-state index in [1.807, 2.05) is 6.07 Å². The zero-order chi connectivity index (χ0) is 24.9. The number of halogens is 2. The number of carbonyl (C=O) groups excluding carboxylic acids is 4. The molecule has 0 aliphatic carbocycles. The molecule has 3 aromatic carbocycles. The Balaban J connectivity index is 1.48. The number of nitrogens with one attached hydrogen (secondary N) is 2. The van der Waals surface area contributed by atoms with Gasteiger partial charge in [-0.15, -0.1) is 0 Å². The van der Waals surface area contributed by atoms with Crippen molar-refractivity contribution in [3.05, 3.63) is 94.2 Å². The van der Waals surface area contributed by atoms with Crippen LogP contribution in [0.3, 0.4) is 0 Å². The van der Waals surface area contributed by atoms with Crippen molar-refractivity contribution >= 4 is 57.1 Å². The number of rotatable bonds is 6. The van der Waals surface area contributed by atoms with Gasteiger partial charge in [0.05, 0.1) is 10.2 Å². The summed E-state index contributed by atoms with van der Waals surface area (Å²) in [6, 6.07) is 17.5. The Bertz CT molecular complexity index is 1340. The average molecular weight is 538 g/mol. The molecule has 8 nitrogen and oxygen atoms in total. The van der Waals surface area contributed by atoms with Crippen LogP contribution in [0.4, 0.5) is 20.6 Å². The molecule has 0 spiro atoms. The van der Waals surface area contributed by atoms with Crippen LogP contribution in [0.15, 0.2) is 82.8 Å². The van der Waals surface area contributed by atoms with Crippen molar-refractivity contribution in [1.29, 1.82) is 0 Å². The Morgan fingerprint density at radius 3 is 2.43 bits per heavy atom. The van der Waals surface area contributed by atoms with E-state index in [1.165, 1.54) is 18.2 Å². The van der Waals surface area contributed by atoms with E-state index in [9.17, 15) is 23.6 Å². The number of urea groups is 1. The first-order chi connectivity index (χ1) is 16.8. The van der Waals surface area contributed by atoms with Gasteiger partial charge in [-0.2, -0.15) is 0 Å². The second-order valence-electron chi connectivity index (χ2n) is 7.33. The first kappa shape index (κ1) is 23.8. The molecular formula is C25H17BrFN3O5. The van der Waals surface area contributed by atoms with Gasteiger partial charge in [0.2, 0.25) is 0 Å². The summed E-state index contributed by atoms with van der Waals surface area (Å²) < 4.78 is 19.3. The standard InChI is InChI=1S/C25H17BrFN3O5/c26-20-13-15(6-11-21(20)35-14-22(31)28-17-4-2-1-3-5-17)12-19-23(32)29-25(34)30(24(19)33)18-9-7-16(27)8-10-18/h1-13H,14H2,(H,28,31)(H,29,32,34)/b19-12+. The highest BCUT2D eigenvalue weighted by Gasteiger charge is 2.36. The van der Waals surface area contributed by atoms with Crippen LogP contribution in [0.25, 0.3) is 6.08 Å². The SMILES string of the molecule is O=C(COc1ccc(/C=C2\C(=O)NC(=O)N(c3ccc(F)cc3)C2=O)cc1Br)Nc1ccccc1. The van der Waals surface area contributed by atoms with E-state index in [0.717, 1.165) is 17.0 Å². The lowest BCUT2D eigenvalue weighted by atomic mass is 10.1.